The zero-order valence-corrected chi connectivity index (χ0v) is 17.0. The van der Waals surface area contributed by atoms with Crippen molar-refractivity contribution in [3.8, 4) is 11.5 Å². The molecule has 0 bridgehead atoms. The second-order valence-corrected chi connectivity index (χ2v) is 7.63. The molecule has 0 aliphatic heterocycles. The maximum Gasteiger partial charge on any atom is 0.191 e. The maximum absolute atomic E-state index is 13.4. The molecule has 1 unspecified atom stereocenters. The number of Topliss-reactive ketones (excluding diaryl/α,β-unsaturated/α-hetero) is 2. The van der Waals surface area contributed by atoms with Gasteiger partial charge in [-0.15, -0.1) is 0 Å². The van der Waals surface area contributed by atoms with Crippen LogP contribution in [0.5, 0.6) is 11.5 Å². The van der Waals surface area contributed by atoms with Crippen molar-refractivity contribution in [3.05, 3.63) is 119 Å². The van der Waals surface area contributed by atoms with E-state index in [4.69, 9.17) is 20.9 Å². The van der Waals surface area contributed by atoms with E-state index in [0.29, 0.717) is 22.6 Å². The van der Waals surface area contributed by atoms with Crippen LogP contribution in [0.2, 0.25) is 0 Å². The Kier molecular flexibility index (Phi) is 4.75. The molecule has 6 heteroatoms. The van der Waals surface area contributed by atoms with Gasteiger partial charge in [0.2, 0.25) is 0 Å². The Hall–Kier alpha value is -4.32. The van der Waals surface area contributed by atoms with Crippen LogP contribution >= 0.6 is 0 Å². The number of ether oxygens (including phenoxy) is 2. The smallest absolute Gasteiger partial charge is 0.191 e. The molecule has 0 spiro atoms. The van der Waals surface area contributed by atoms with Gasteiger partial charge >= 0.3 is 0 Å². The first kappa shape index (κ1) is 19.6. The molecule has 32 heavy (non-hydrogen) atoms. The predicted molar refractivity (Wildman–Crippen MR) is 119 cm³/mol. The third-order valence-electron chi connectivity index (χ3n) is 5.68. The van der Waals surface area contributed by atoms with Gasteiger partial charge in [-0.1, -0.05) is 60.7 Å². The van der Waals surface area contributed by atoms with Gasteiger partial charge in [-0.2, -0.15) is 0 Å². The van der Waals surface area contributed by atoms with Crippen molar-refractivity contribution in [1.29, 1.82) is 0 Å². The third-order valence-corrected chi connectivity index (χ3v) is 5.68. The average Bonchev–Trinajstić information content (AvgIpc) is 2.83. The van der Waals surface area contributed by atoms with Crippen LogP contribution in [0.3, 0.4) is 0 Å². The molecular formula is C26H20N2O4. The Balaban J connectivity index is 1.68. The first-order valence-corrected chi connectivity index (χ1v) is 10.2. The van der Waals surface area contributed by atoms with Crippen molar-refractivity contribution < 1.29 is 19.1 Å². The second kappa shape index (κ2) is 7.74. The molecule has 2 atom stereocenters. The highest BCUT2D eigenvalue weighted by Gasteiger charge is 2.49. The van der Waals surface area contributed by atoms with Crippen molar-refractivity contribution in [2.45, 2.75) is 0 Å². The van der Waals surface area contributed by atoms with Gasteiger partial charge in [0, 0.05) is 11.1 Å². The number of fused-ring (bicyclic) bond motifs is 2. The summed E-state index contributed by atoms with van der Waals surface area (Å²) in [6.07, 6.45) is 0. The van der Waals surface area contributed by atoms with Crippen LogP contribution in [-0.2, 0) is 0 Å². The summed E-state index contributed by atoms with van der Waals surface area (Å²) in [6.45, 7) is 0. The van der Waals surface area contributed by atoms with Gasteiger partial charge in [0.1, 0.15) is 11.5 Å². The van der Waals surface area contributed by atoms with E-state index < -0.39 is 11.8 Å². The second-order valence-electron chi connectivity index (χ2n) is 7.63. The summed E-state index contributed by atoms with van der Waals surface area (Å²) in [7, 11) is 0. The predicted octanol–water partition coefficient (Wildman–Crippen LogP) is 3.81. The van der Waals surface area contributed by atoms with Gasteiger partial charge < -0.3 is 20.9 Å². The Morgan fingerprint density at radius 2 is 0.875 bits per heavy atom. The van der Waals surface area contributed by atoms with Gasteiger partial charge in [0.25, 0.3) is 0 Å². The van der Waals surface area contributed by atoms with E-state index >= 15 is 0 Å². The highest BCUT2D eigenvalue weighted by atomic mass is 16.5. The molecule has 0 saturated heterocycles. The molecular weight excluding hydrogens is 404 g/mol. The molecule has 3 aromatic rings. The Bertz CT molecular complexity index is 1180. The molecule has 158 valence electrons. The summed E-state index contributed by atoms with van der Waals surface area (Å²) in [5.74, 6) is -1.17. The number of rotatable bonds is 4. The molecule has 0 saturated carbocycles. The number of nitrogens with two attached hydrogens (primary N) is 2. The topological polar surface area (TPSA) is 105 Å². The van der Waals surface area contributed by atoms with Crippen molar-refractivity contribution in [2.24, 2.45) is 23.3 Å². The van der Waals surface area contributed by atoms with E-state index in [0.717, 1.165) is 0 Å². The van der Waals surface area contributed by atoms with Crippen LogP contribution in [0.4, 0.5) is 0 Å². The van der Waals surface area contributed by atoms with Crippen LogP contribution in [0.15, 0.2) is 108 Å². The lowest BCUT2D eigenvalue weighted by Gasteiger charge is -2.36. The zero-order chi connectivity index (χ0) is 22.2. The minimum Gasteiger partial charge on any atom is -0.452 e. The summed E-state index contributed by atoms with van der Waals surface area (Å²) >= 11 is 0. The number of hydrogen-bond donors (Lipinski definition) is 2. The Morgan fingerprint density at radius 1 is 0.531 bits per heavy atom. The largest absolute Gasteiger partial charge is 0.452 e. The Morgan fingerprint density at radius 3 is 1.25 bits per heavy atom. The fraction of sp³-hybridized carbons (Fsp3) is 0.0769. The van der Waals surface area contributed by atoms with Gasteiger partial charge in [-0.25, -0.2) is 0 Å². The van der Waals surface area contributed by atoms with Gasteiger partial charge in [-0.3, -0.25) is 9.59 Å². The molecule has 6 nitrogen and oxygen atoms in total. The van der Waals surface area contributed by atoms with Gasteiger partial charge in [0.15, 0.2) is 23.1 Å². The average molecular weight is 424 g/mol. The molecule has 2 aliphatic carbocycles. The number of hydrogen-bond acceptors (Lipinski definition) is 6. The summed E-state index contributed by atoms with van der Waals surface area (Å²) < 4.78 is 12.1. The lowest BCUT2D eigenvalue weighted by molar-refractivity contribution is 0.0772. The van der Waals surface area contributed by atoms with Crippen molar-refractivity contribution in [2.75, 3.05) is 0 Å². The highest BCUT2D eigenvalue weighted by molar-refractivity contribution is 6.18. The fourth-order valence-electron chi connectivity index (χ4n) is 4.16. The van der Waals surface area contributed by atoms with Crippen molar-refractivity contribution in [1.82, 2.24) is 0 Å². The molecule has 0 fully saturated rings. The van der Waals surface area contributed by atoms with E-state index in [-0.39, 0.29) is 34.5 Å². The van der Waals surface area contributed by atoms with Crippen molar-refractivity contribution >= 4 is 11.6 Å². The van der Waals surface area contributed by atoms with E-state index in [9.17, 15) is 9.59 Å². The minimum absolute atomic E-state index is 0.117. The first-order valence-electron chi connectivity index (χ1n) is 10.2. The van der Waals surface area contributed by atoms with E-state index in [1.54, 1.807) is 48.5 Å². The molecule has 4 N–H and O–H groups in total. The fourth-order valence-corrected chi connectivity index (χ4v) is 4.16. The van der Waals surface area contributed by atoms with Crippen molar-refractivity contribution in [3.63, 3.8) is 0 Å². The summed E-state index contributed by atoms with van der Waals surface area (Å²) in [6, 6.07) is 24.7. The van der Waals surface area contributed by atoms with E-state index in [1.807, 2.05) is 36.4 Å². The normalized spacial score (nSPS) is 20.0. The molecule has 0 amide bonds. The van der Waals surface area contributed by atoms with Gasteiger partial charge in [-0.05, 0) is 24.3 Å². The molecule has 2 aliphatic rings. The minimum atomic E-state index is -0.959. The standard InChI is InChI=1S/C26H20N2O4/c27-21-19-20(24(30)18-14-8-7-13-17(18)23(19)29)22(28)26(32-16-11-5-2-6-12-16)25(21)31-15-9-3-1-4-10-15/h1-14,19-20H,27-28H2/t19-,20?/m0/s1. The van der Waals surface area contributed by atoms with Crippen LogP contribution < -0.4 is 20.9 Å². The van der Waals surface area contributed by atoms with Crippen LogP contribution in [0, 0.1) is 11.8 Å². The van der Waals surface area contributed by atoms with Crippen LogP contribution in [0.1, 0.15) is 20.7 Å². The molecule has 0 aromatic heterocycles. The van der Waals surface area contributed by atoms with Crippen LogP contribution in [0.25, 0.3) is 0 Å². The Labute approximate surface area is 184 Å². The highest BCUT2D eigenvalue weighted by Crippen LogP contribution is 2.43. The summed E-state index contributed by atoms with van der Waals surface area (Å²) in [5.41, 5.74) is 13.9. The number of allylic oxidation sites excluding steroid dienone is 2. The molecule has 0 radical (unpaired) electrons. The van der Waals surface area contributed by atoms with Crippen LogP contribution in [-0.4, -0.2) is 11.6 Å². The van der Waals surface area contributed by atoms with E-state index in [1.165, 1.54) is 0 Å². The SMILES string of the molecule is NC1=C(Oc2ccccc2)C(Oc2ccccc2)=C(N)[C@H]2C(=O)c3ccccc3C(=O)C12. The third kappa shape index (κ3) is 3.13. The zero-order valence-electron chi connectivity index (χ0n) is 17.0. The lowest BCUT2D eigenvalue weighted by atomic mass is 9.69. The summed E-state index contributed by atoms with van der Waals surface area (Å²) in [5, 5.41) is 0. The number of carbonyl (C=O) groups is 2. The number of para-hydroxylation sites is 2. The summed E-state index contributed by atoms with van der Waals surface area (Å²) in [4.78, 5) is 26.7. The number of carbonyl (C=O) groups excluding carboxylic acids is 2. The molecule has 3 aromatic carbocycles. The molecule has 5 rings (SSSR count). The monoisotopic (exact) mass is 424 g/mol. The number of ketones is 2. The molecule has 0 heterocycles. The van der Waals surface area contributed by atoms with E-state index in [2.05, 4.69) is 0 Å². The first-order chi connectivity index (χ1) is 15.6. The van der Waals surface area contributed by atoms with Gasteiger partial charge in [0.05, 0.1) is 23.2 Å². The maximum atomic E-state index is 13.4. The lowest BCUT2D eigenvalue weighted by Crippen LogP contribution is -2.46. The quantitative estimate of drug-likeness (QED) is 0.660. The number of benzene rings is 3.